The Morgan fingerprint density at radius 3 is 2.41 bits per heavy atom. The van der Waals surface area contributed by atoms with Gasteiger partial charge in [0.15, 0.2) is 0 Å². The molecule has 7 nitrogen and oxygen atoms in total. The molecule has 4 rings (SSSR count). The Labute approximate surface area is 206 Å². The molecule has 2 saturated carbocycles. The Hall–Kier alpha value is -1.18. The van der Waals surface area contributed by atoms with Gasteiger partial charge in [0.2, 0.25) is 5.91 Å². The second kappa shape index (κ2) is 12.7. The van der Waals surface area contributed by atoms with Crippen molar-refractivity contribution < 1.29 is 14.3 Å². The number of carbonyl (C=O) groups excluding carboxylic acids is 1. The van der Waals surface area contributed by atoms with E-state index >= 15 is 0 Å². The first-order valence-corrected chi connectivity index (χ1v) is 13.9. The standard InChI is InChI=1S/C27H48N4O3/c1-18-9-21(6-8-28-18)22-10-19(16-30-26-5-4-7-29-26)11-23(14-22)27(32)31-17-20-12-24(33-2)15-25(13-20)34-3/h18-25,28H,4-17H2,1-3H3,(H,29,30)(H,31,32). The maximum Gasteiger partial charge on any atom is 0.223 e. The van der Waals surface area contributed by atoms with Gasteiger partial charge in [0.1, 0.15) is 0 Å². The van der Waals surface area contributed by atoms with Crippen molar-refractivity contribution >= 4 is 11.7 Å². The summed E-state index contributed by atoms with van der Waals surface area (Å²) in [5.41, 5.74) is 0. The Morgan fingerprint density at radius 2 is 1.74 bits per heavy atom. The van der Waals surface area contributed by atoms with Crippen LogP contribution in [0, 0.1) is 29.6 Å². The molecule has 0 radical (unpaired) electrons. The number of methoxy groups -OCH3 is 2. The molecule has 1 amide bonds. The van der Waals surface area contributed by atoms with Crippen LogP contribution in [0.5, 0.6) is 0 Å². The van der Waals surface area contributed by atoms with Crippen molar-refractivity contribution in [2.75, 3.05) is 40.4 Å². The predicted octanol–water partition coefficient (Wildman–Crippen LogP) is 3.14. The summed E-state index contributed by atoms with van der Waals surface area (Å²) in [6.07, 6.45) is 11.5. The Kier molecular flexibility index (Phi) is 9.66. The van der Waals surface area contributed by atoms with E-state index in [-0.39, 0.29) is 24.0 Å². The molecular weight excluding hydrogens is 428 g/mol. The minimum Gasteiger partial charge on any atom is -0.381 e. The molecule has 7 heteroatoms. The number of amides is 1. The molecule has 3 fully saturated rings. The van der Waals surface area contributed by atoms with Crippen LogP contribution in [0.15, 0.2) is 4.99 Å². The number of aliphatic imine (C=N–C) groups is 1. The average Bonchev–Trinajstić information content (AvgIpc) is 3.39. The van der Waals surface area contributed by atoms with E-state index in [1.807, 2.05) is 0 Å². The smallest absolute Gasteiger partial charge is 0.223 e. The predicted molar refractivity (Wildman–Crippen MR) is 136 cm³/mol. The van der Waals surface area contributed by atoms with Crippen LogP contribution in [-0.4, -0.2) is 70.4 Å². The van der Waals surface area contributed by atoms with E-state index in [0.717, 1.165) is 70.6 Å². The maximum atomic E-state index is 13.4. The molecule has 0 aromatic carbocycles. The van der Waals surface area contributed by atoms with Gasteiger partial charge in [0.25, 0.3) is 0 Å². The van der Waals surface area contributed by atoms with Crippen molar-refractivity contribution in [2.24, 2.45) is 34.6 Å². The third-order valence-corrected chi connectivity index (χ3v) is 8.96. The van der Waals surface area contributed by atoms with E-state index in [9.17, 15) is 4.79 Å². The zero-order valence-electron chi connectivity index (χ0n) is 21.7. The number of amidine groups is 1. The lowest BCUT2D eigenvalue weighted by molar-refractivity contribution is -0.128. The maximum absolute atomic E-state index is 13.4. The molecule has 0 spiro atoms. The molecule has 2 heterocycles. The molecule has 34 heavy (non-hydrogen) atoms. The quantitative estimate of drug-likeness (QED) is 0.501. The first-order chi connectivity index (χ1) is 16.5. The molecule has 2 aliphatic carbocycles. The van der Waals surface area contributed by atoms with Gasteiger partial charge in [0.05, 0.1) is 18.0 Å². The minimum absolute atomic E-state index is 0.126. The van der Waals surface area contributed by atoms with Gasteiger partial charge < -0.3 is 25.4 Å². The number of carbonyl (C=O) groups is 1. The summed E-state index contributed by atoms with van der Waals surface area (Å²) >= 11 is 0. The van der Waals surface area contributed by atoms with Crippen LogP contribution >= 0.6 is 0 Å². The lowest BCUT2D eigenvalue weighted by atomic mass is 9.67. The molecule has 1 saturated heterocycles. The largest absolute Gasteiger partial charge is 0.381 e. The molecule has 7 atom stereocenters. The number of rotatable bonds is 8. The van der Waals surface area contributed by atoms with Crippen LogP contribution in [-0.2, 0) is 14.3 Å². The fourth-order valence-electron chi connectivity index (χ4n) is 7.06. The first-order valence-electron chi connectivity index (χ1n) is 13.9. The van der Waals surface area contributed by atoms with Gasteiger partial charge in [-0.2, -0.15) is 0 Å². The van der Waals surface area contributed by atoms with E-state index in [2.05, 4.69) is 27.9 Å². The number of nitrogens with zero attached hydrogens (tertiary/aromatic N) is 1. The molecule has 7 unspecified atom stereocenters. The summed E-state index contributed by atoms with van der Waals surface area (Å²) < 4.78 is 11.3. The summed E-state index contributed by atoms with van der Waals surface area (Å²) in [6.45, 7) is 6.09. The average molecular weight is 477 g/mol. The van der Waals surface area contributed by atoms with E-state index in [4.69, 9.17) is 9.47 Å². The number of hydrogen-bond donors (Lipinski definition) is 3. The highest BCUT2D eigenvalue weighted by molar-refractivity contribution is 5.83. The third kappa shape index (κ3) is 7.17. The topological polar surface area (TPSA) is 84.0 Å². The summed E-state index contributed by atoms with van der Waals surface area (Å²) in [4.78, 5) is 18.0. The summed E-state index contributed by atoms with van der Waals surface area (Å²) in [5, 5.41) is 10.6. The molecule has 0 bridgehead atoms. The van der Waals surface area contributed by atoms with Gasteiger partial charge in [-0.25, -0.2) is 0 Å². The third-order valence-electron chi connectivity index (χ3n) is 8.96. The van der Waals surface area contributed by atoms with Crippen molar-refractivity contribution in [3.05, 3.63) is 0 Å². The molecule has 0 aromatic rings. The SMILES string of the molecule is COC1CC(CNC(=O)C2CC(CNC3=NCCC3)CC(C3CCNC(C)C3)C2)CC(OC)C1. The van der Waals surface area contributed by atoms with E-state index in [0.29, 0.717) is 23.8 Å². The second-order valence-electron chi connectivity index (χ2n) is 11.5. The van der Waals surface area contributed by atoms with Crippen LogP contribution in [0.1, 0.15) is 71.1 Å². The summed E-state index contributed by atoms with van der Waals surface area (Å²) in [5.74, 6) is 3.93. The number of hydrogen-bond acceptors (Lipinski definition) is 6. The Balaban J connectivity index is 1.34. The number of piperidine rings is 1. The molecule has 2 aliphatic heterocycles. The van der Waals surface area contributed by atoms with Crippen LogP contribution < -0.4 is 16.0 Å². The molecule has 194 valence electrons. The minimum atomic E-state index is 0.126. The van der Waals surface area contributed by atoms with Crippen LogP contribution in [0.3, 0.4) is 0 Å². The van der Waals surface area contributed by atoms with Crippen molar-refractivity contribution in [1.82, 2.24) is 16.0 Å². The first kappa shape index (κ1) is 25.9. The number of nitrogens with one attached hydrogen (secondary N) is 3. The lowest BCUT2D eigenvalue weighted by Gasteiger charge is -2.41. The van der Waals surface area contributed by atoms with Gasteiger partial charge in [-0.3, -0.25) is 9.79 Å². The molecular formula is C27H48N4O3. The highest BCUT2D eigenvalue weighted by atomic mass is 16.5. The monoisotopic (exact) mass is 476 g/mol. The van der Waals surface area contributed by atoms with Gasteiger partial charge in [-0.05, 0) is 94.9 Å². The summed E-state index contributed by atoms with van der Waals surface area (Å²) in [7, 11) is 3.57. The van der Waals surface area contributed by atoms with Crippen molar-refractivity contribution in [3.8, 4) is 0 Å². The van der Waals surface area contributed by atoms with E-state index in [1.165, 1.54) is 31.5 Å². The molecule has 4 aliphatic rings. The van der Waals surface area contributed by atoms with Crippen LogP contribution in [0.25, 0.3) is 0 Å². The highest BCUT2D eigenvalue weighted by Crippen LogP contribution is 2.41. The lowest BCUT2D eigenvalue weighted by Crippen LogP contribution is -2.45. The highest BCUT2D eigenvalue weighted by Gasteiger charge is 2.38. The Morgan fingerprint density at radius 1 is 0.971 bits per heavy atom. The van der Waals surface area contributed by atoms with Gasteiger partial charge >= 0.3 is 0 Å². The second-order valence-corrected chi connectivity index (χ2v) is 11.5. The van der Waals surface area contributed by atoms with E-state index in [1.54, 1.807) is 14.2 Å². The van der Waals surface area contributed by atoms with Gasteiger partial charge in [0, 0.05) is 52.2 Å². The normalized spacial score (nSPS) is 38.9. The zero-order chi connectivity index (χ0) is 23.9. The van der Waals surface area contributed by atoms with Crippen molar-refractivity contribution in [1.29, 1.82) is 0 Å². The van der Waals surface area contributed by atoms with Crippen molar-refractivity contribution in [3.63, 3.8) is 0 Å². The van der Waals surface area contributed by atoms with Crippen molar-refractivity contribution in [2.45, 2.75) is 89.4 Å². The fraction of sp³-hybridized carbons (Fsp3) is 0.926. The van der Waals surface area contributed by atoms with E-state index < -0.39 is 0 Å². The molecule has 3 N–H and O–H groups in total. The molecule has 0 aromatic heterocycles. The zero-order valence-corrected chi connectivity index (χ0v) is 21.7. The van der Waals surface area contributed by atoms with Crippen LogP contribution in [0.2, 0.25) is 0 Å². The van der Waals surface area contributed by atoms with Crippen LogP contribution in [0.4, 0.5) is 0 Å². The number of ether oxygens (including phenoxy) is 2. The van der Waals surface area contributed by atoms with Gasteiger partial charge in [-0.15, -0.1) is 0 Å². The van der Waals surface area contributed by atoms with Gasteiger partial charge in [-0.1, -0.05) is 0 Å². The Bertz CT molecular complexity index is 675. The fourth-order valence-corrected chi connectivity index (χ4v) is 7.06. The summed E-state index contributed by atoms with van der Waals surface area (Å²) in [6, 6.07) is 0.589.